The Morgan fingerprint density at radius 3 is 2.73 bits per heavy atom. The number of rotatable bonds is 4. The highest BCUT2D eigenvalue weighted by Crippen LogP contribution is 2.43. The van der Waals surface area contributed by atoms with Gasteiger partial charge in [-0.2, -0.15) is 9.50 Å². The average molecular weight is 435 g/mol. The van der Waals surface area contributed by atoms with Gasteiger partial charge in [0.2, 0.25) is 16.7 Å². The van der Waals surface area contributed by atoms with Crippen LogP contribution in [0.4, 0.5) is 0 Å². The van der Waals surface area contributed by atoms with Gasteiger partial charge in [0.15, 0.2) is 5.76 Å². The minimum atomic E-state index is -0.0288. The summed E-state index contributed by atoms with van der Waals surface area (Å²) in [6.45, 7) is 1.79. The van der Waals surface area contributed by atoms with Crippen molar-refractivity contribution in [2.45, 2.75) is 19.0 Å². The number of thiophene rings is 1. The number of aromatic hydroxyl groups is 1. The zero-order valence-electron chi connectivity index (χ0n) is 15.9. The van der Waals surface area contributed by atoms with E-state index in [-0.39, 0.29) is 11.9 Å². The van der Waals surface area contributed by atoms with Crippen LogP contribution in [-0.4, -0.2) is 31.1 Å². The predicted octanol–water partition coefficient (Wildman–Crippen LogP) is 4.97. The number of nitrogens with zero attached hydrogens (tertiary/aromatic N) is 4. The van der Waals surface area contributed by atoms with Crippen molar-refractivity contribution in [1.29, 1.82) is 0 Å². The van der Waals surface area contributed by atoms with E-state index in [1.54, 1.807) is 23.7 Å². The summed E-state index contributed by atoms with van der Waals surface area (Å²) in [5.41, 5.74) is 2.76. The number of benzene rings is 1. The molecule has 0 spiro atoms. The van der Waals surface area contributed by atoms with Gasteiger partial charge in [-0.15, -0.1) is 16.4 Å². The highest BCUT2D eigenvalue weighted by Gasteiger charge is 2.32. The zero-order chi connectivity index (χ0) is 20.1. The number of aromatic nitrogens is 3. The summed E-state index contributed by atoms with van der Waals surface area (Å²) in [7, 11) is 0. The van der Waals surface area contributed by atoms with Crippen molar-refractivity contribution in [3.63, 3.8) is 0 Å². The Bertz CT molecular complexity index is 1300. The summed E-state index contributed by atoms with van der Waals surface area (Å²) in [5, 5.41) is 17.7. The highest BCUT2D eigenvalue weighted by atomic mass is 32.1. The summed E-state index contributed by atoms with van der Waals surface area (Å²) in [4.78, 5) is 9.76. The van der Waals surface area contributed by atoms with Gasteiger partial charge < -0.3 is 9.52 Å². The maximum absolute atomic E-state index is 11.1. The summed E-state index contributed by atoms with van der Waals surface area (Å²) in [6.07, 6.45) is 2.60. The monoisotopic (exact) mass is 434 g/mol. The fourth-order valence-corrected chi connectivity index (χ4v) is 6.15. The van der Waals surface area contributed by atoms with Gasteiger partial charge in [0.25, 0.3) is 0 Å². The highest BCUT2D eigenvalue weighted by molar-refractivity contribution is 7.17. The fourth-order valence-electron chi connectivity index (χ4n) is 4.10. The molecule has 30 heavy (non-hydrogen) atoms. The van der Waals surface area contributed by atoms with E-state index >= 15 is 0 Å². The molecular weight excluding hydrogens is 416 g/mol. The molecule has 1 N–H and O–H groups in total. The topological polar surface area (TPSA) is 66.8 Å². The molecule has 0 unspecified atom stereocenters. The predicted molar refractivity (Wildman–Crippen MR) is 117 cm³/mol. The molecule has 0 fully saturated rings. The standard InChI is InChI=1S/C22H18N4O2S2/c27-21-19(30-22-23-20(24-26(21)22)16-7-3-11-28-16)18(17-8-4-12-29-17)25-10-9-14-5-1-2-6-15(14)13-25/h1-8,11-12,18,27H,9-10,13H2/t18-/m0/s1. The van der Waals surface area contributed by atoms with Crippen LogP contribution in [0.1, 0.15) is 26.9 Å². The van der Waals surface area contributed by atoms with E-state index in [0.29, 0.717) is 16.5 Å². The average Bonchev–Trinajstić information content (AvgIpc) is 3.56. The molecule has 0 bridgehead atoms. The third-order valence-electron chi connectivity index (χ3n) is 5.53. The number of hydrogen-bond acceptors (Lipinski definition) is 7. The van der Waals surface area contributed by atoms with E-state index in [9.17, 15) is 5.11 Å². The summed E-state index contributed by atoms with van der Waals surface area (Å²) >= 11 is 3.20. The van der Waals surface area contributed by atoms with Gasteiger partial charge in [-0.25, -0.2) is 0 Å². The Kier molecular flexibility index (Phi) is 4.22. The molecule has 0 saturated carbocycles. The fraction of sp³-hybridized carbons (Fsp3) is 0.182. The molecule has 0 radical (unpaired) electrons. The van der Waals surface area contributed by atoms with Crippen LogP contribution in [0.3, 0.4) is 0 Å². The first-order valence-corrected chi connectivity index (χ1v) is 11.4. The van der Waals surface area contributed by atoms with E-state index in [1.807, 2.05) is 6.07 Å². The molecular formula is C22H18N4O2S2. The van der Waals surface area contributed by atoms with Crippen molar-refractivity contribution in [3.05, 3.63) is 81.1 Å². The van der Waals surface area contributed by atoms with Crippen LogP contribution in [0, 0.1) is 0 Å². The largest absolute Gasteiger partial charge is 0.492 e. The van der Waals surface area contributed by atoms with Gasteiger partial charge in [-0.05, 0) is 41.1 Å². The molecule has 0 amide bonds. The number of hydrogen-bond donors (Lipinski definition) is 1. The molecule has 1 aromatic carbocycles. The van der Waals surface area contributed by atoms with Crippen LogP contribution < -0.4 is 0 Å². The number of furan rings is 1. The molecule has 5 heterocycles. The van der Waals surface area contributed by atoms with Crippen LogP contribution >= 0.6 is 22.7 Å². The van der Waals surface area contributed by atoms with Crippen molar-refractivity contribution < 1.29 is 9.52 Å². The molecule has 1 aliphatic heterocycles. The van der Waals surface area contributed by atoms with Gasteiger partial charge in [0.1, 0.15) is 0 Å². The van der Waals surface area contributed by atoms with Gasteiger partial charge in [-0.1, -0.05) is 41.7 Å². The third kappa shape index (κ3) is 2.87. The second kappa shape index (κ2) is 7.09. The lowest BCUT2D eigenvalue weighted by atomic mass is 9.98. The van der Waals surface area contributed by atoms with E-state index in [2.05, 4.69) is 56.8 Å². The molecule has 5 aromatic rings. The van der Waals surface area contributed by atoms with Crippen LogP contribution in [0.2, 0.25) is 0 Å². The summed E-state index contributed by atoms with van der Waals surface area (Å²) < 4.78 is 6.93. The Hall–Kier alpha value is -2.94. The molecule has 0 saturated heterocycles. The Morgan fingerprint density at radius 2 is 1.97 bits per heavy atom. The van der Waals surface area contributed by atoms with Crippen LogP contribution in [0.25, 0.3) is 16.5 Å². The van der Waals surface area contributed by atoms with Gasteiger partial charge in [0.05, 0.1) is 17.2 Å². The first kappa shape index (κ1) is 17.9. The maximum Gasteiger partial charge on any atom is 0.230 e. The molecule has 6 nitrogen and oxygen atoms in total. The van der Waals surface area contributed by atoms with Crippen LogP contribution in [0.5, 0.6) is 5.88 Å². The van der Waals surface area contributed by atoms with Crippen molar-refractivity contribution in [3.8, 4) is 17.5 Å². The number of fused-ring (bicyclic) bond motifs is 2. The quantitative estimate of drug-likeness (QED) is 0.433. The van der Waals surface area contributed by atoms with E-state index in [1.165, 1.54) is 31.9 Å². The molecule has 8 heteroatoms. The third-order valence-corrected chi connectivity index (χ3v) is 7.52. The lowest BCUT2D eigenvalue weighted by Gasteiger charge is -2.34. The van der Waals surface area contributed by atoms with E-state index < -0.39 is 0 Å². The number of thiazole rings is 1. The molecule has 0 aliphatic carbocycles. The zero-order valence-corrected chi connectivity index (χ0v) is 17.6. The summed E-state index contributed by atoms with van der Waals surface area (Å²) in [6, 6.07) is 16.4. The Morgan fingerprint density at radius 1 is 1.07 bits per heavy atom. The SMILES string of the molecule is Oc1c([C@H](c2cccs2)N2CCc3ccccc3C2)sc2nc(-c3ccco3)nn12. The van der Waals surface area contributed by atoms with Crippen molar-refractivity contribution in [2.75, 3.05) is 6.54 Å². The Balaban J connectivity index is 1.43. The minimum Gasteiger partial charge on any atom is -0.492 e. The molecule has 150 valence electrons. The van der Waals surface area contributed by atoms with Crippen molar-refractivity contribution in [2.24, 2.45) is 0 Å². The van der Waals surface area contributed by atoms with Gasteiger partial charge in [0, 0.05) is 18.0 Å². The Labute approximate surface area is 180 Å². The van der Waals surface area contributed by atoms with E-state index in [0.717, 1.165) is 24.4 Å². The van der Waals surface area contributed by atoms with Gasteiger partial charge >= 0.3 is 0 Å². The van der Waals surface area contributed by atoms with Crippen molar-refractivity contribution >= 4 is 27.6 Å². The van der Waals surface area contributed by atoms with Crippen LogP contribution in [0.15, 0.2) is 64.6 Å². The maximum atomic E-state index is 11.1. The lowest BCUT2D eigenvalue weighted by molar-refractivity contribution is 0.208. The lowest BCUT2D eigenvalue weighted by Crippen LogP contribution is -2.34. The molecule has 1 aliphatic rings. The molecule has 6 rings (SSSR count). The first-order chi connectivity index (χ1) is 14.8. The minimum absolute atomic E-state index is 0.0288. The molecule has 4 aromatic heterocycles. The van der Waals surface area contributed by atoms with Crippen LogP contribution in [-0.2, 0) is 13.0 Å². The first-order valence-electron chi connectivity index (χ1n) is 9.74. The normalized spacial score (nSPS) is 15.5. The summed E-state index contributed by atoms with van der Waals surface area (Å²) in [5.74, 6) is 1.22. The molecule has 1 atom stereocenters. The smallest absolute Gasteiger partial charge is 0.230 e. The van der Waals surface area contributed by atoms with E-state index in [4.69, 9.17) is 4.42 Å². The van der Waals surface area contributed by atoms with Crippen molar-refractivity contribution in [1.82, 2.24) is 19.5 Å². The second-order valence-electron chi connectivity index (χ2n) is 7.30. The van der Waals surface area contributed by atoms with Gasteiger partial charge in [-0.3, -0.25) is 4.90 Å². The second-order valence-corrected chi connectivity index (χ2v) is 9.29.